The van der Waals surface area contributed by atoms with Crippen LogP contribution in [0.15, 0.2) is 168 Å². The Morgan fingerprint density at radius 1 is 0.318 bits per heavy atom. The van der Waals surface area contributed by atoms with E-state index in [0.29, 0.717) is 0 Å². The maximum Gasteiger partial charge on any atom is 0.135 e. The highest BCUT2D eigenvalue weighted by Gasteiger charge is 2.15. The number of para-hydroxylation sites is 1. The normalized spacial score (nSPS) is 11.6. The molecule has 2 aromatic heterocycles. The van der Waals surface area contributed by atoms with E-state index >= 15 is 0 Å². The molecule has 0 amide bonds. The summed E-state index contributed by atoms with van der Waals surface area (Å²) in [5.74, 6) is 0. The van der Waals surface area contributed by atoms with Crippen LogP contribution in [0.5, 0.6) is 0 Å². The second-order valence-corrected chi connectivity index (χ2v) is 11.4. The Bertz CT molecular complexity index is 2480. The molecule has 2 heteroatoms. The molecule has 2 nitrogen and oxygen atoms in total. The summed E-state index contributed by atoms with van der Waals surface area (Å²) in [6, 6.07) is 58.5. The van der Waals surface area contributed by atoms with Crippen LogP contribution >= 0.6 is 0 Å². The molecule has 7 aromatic carbocycles. The van der Waals surface area contributed by atoms with Crippen LogP contribution in [0.3, 0.4) is 0 Å². The smallest absolute Gasteiger partial charge is 0.135 e. The van der Waals surface area contributed by atoms with E-state index in [1.54, 1.807) is 0 Å². The van der Waals surface area contributed by atoms with E-state index in [-0.39, 0.29) is 0 Å². The average molecular weight is 562 g/mol. The number of aromatic nitrogens is 1. The lowest BCUT2D eigenvalue weighted by Crippen LogP contribution is -1.94. The number of hydrogen-bond donors (Lipinski definition) is 0. The molecule has 0 N–H and O–H groups in total. The van der Waals surface area contributed by atoms with Crippen molar-refractivity contribution in [2.45, 2.75) is 0 Å². The fourth-order valence-electron chi connectivity index (χ4n) is 6.65. The minimum absolute atomic E-state index is 0.904. The number of nitrogens with zero attached hydrogens (tertiary/aromatic N) is 1. The van der Waals surface area contributed by atoms with Crippen molar-refractivity contribution in [2.24, 2.45) is 0 Å². The third kappa shape index (κ3) is 3.96. The molecule has 0 fully saturated rings. The molecule has 0 saturated heterocycles. The third-order valence-corrected chi connectivity index (χ3v) is 8.79. The largest absolute Gasteiger partial charge is 0.456 e. The molecule has 0 aliphatic rings. The fraction of sp³-hybridized carbons (Fsp3) is 0. The van der Waals surface area contributed by atoms with Gasteiger partial charge in [0.05, 0.1) is 11.0 Å². The second-order valence-electron chi connectivity index (χ2n) is 11.4. The van der Waals surface area contributed by atoms with Gasteiger partial charge >= 0.3 is 0 Å². The Labute approximate surface area is 255 Å². The van der Waals surface area contributed by atoms with Crippen molar-refractivity contribution in [3.63, 3.8) is 0 Å². The topological polar surface area (TPSA) is 18.1 Å². The van der Waals surface area contributed by atoms with E-state index in [1.807, 2.05) is 0 Å². The number of rotatable bonds is 4. The van der Waals surface area contributed by atoms with Crippen molar-refractivity contribution < 1.29 is 4.42 Å². The molecule has 0 radical (unpaired) electrons. The summed E-state index contributed by atoms with van der Waals surface area (Å²) in [5, 5.41) is 4.78. The van der Waals surface area contributed by atoms with Crippen LogP contribution in [0, 0.1) is 0 Å². The van der Waals surface area contributed by atoms with Crippen molar-refractivity contribution >= 4 is 43.7 Å². The summed E-state index contributed by atoms with van der Waals surface area (Å²) in [6.45, 7) is 0. The van der Waals surface area contributed by atoms with Crippen LogP contribution in [0.1, 0.15) is 0 Å². The maximum absolute atomic E-state index is 6.25. The van der Waals surface area contributed by atoms with Crippen molar-refractivity contribution in [3.05, 3.63) is 164 Å². The monoisotopic (exact) mass is 561 g/mol. The summed E-state index contributed by atoms with van der Waals surface area (Å²) >= 11 is 0. The zero-order valence-corrected chi connectivity index (χ0v) is 23.9. The van der Waals surface area contributed by atoms with Gasteiger partial charge in [-0.2, -0.15) is 0 Å². The number of fused-ring (bicyclic) bond motifs is 6. The van der Waals surface area contributed by atoms with Crippen LogP contribution in [0.2, 0.25) is 0 Å². The molecule has 0 aliphatic heterocycles. The number of hydrogen-bond acceptors (Lipinski definition) is 1. The van der Waals surface area contributed by atoms with Crippen molar-refractivity contribution in [2.75, 3.05) is 0 Å². The minimum Gasteiger partial charge on any atom is -0.456 e. The maximum atomic E-state index is 6.25. The SMILES string of the molecule is c1ccc(-c2ccc3oc4ccc(-c5cccc(-n6c7ccccc7c7cc(-c8ccccc8)ccc76)c5)cc4c3c2)cc1. The van der Waals surface area contributed by atoms with Gasteiger partial charge in [0.1, 0.15) is 11.2 Å². The van der Waals surface area contributed by atoms with Crippen molar-refractivity contribution in [1.29, 1.82) is 0 Å². The number of benzene rings is 7. The van der Waals surface area contributed by atoms with E-state index < -0.39 is 0 Å². The quantitative estimate of drug-likeness (QED) is 0.209. The Hall–Kier alpha value is -5.86. The van der Waals surface area contributed by atoms with Crippen LogP contribution in [0.25, 0.3) is 82.8 Å². The zero-order valence-electron chi connectivity index (χ0n) is 23.9. The first-order chi connectivity index (χ1) is 21.8. The molecule has 44 heavy (non-hydrogen) atoms. The zero-order chi connectivity index (χ0) is 29.0. The summed E-state index contributed by atoms with van der Waals surface area (Å²) in [7, 11) is 0. The molecule has 0 unspecified atom stereocenters. The number of furan rings is 1. The highest BCUT2D eigenvalue weighted by Crippen LogP contribution is 2.38. The summed E-state index contributed by atoms with van der Waals surface area (Å²) in [5.41, 5.74) is 12.5. The lowest BCUT2D eigenvalue weighted by molar-refractivity contribution is 0.669. The average Bonchev–Trinajstić information content (AvgIpc) is 3.63. The first kappa shape index (κ1) is 24.7. The fourth-order valence-corrected chi connectivity index (χ4v) is 6.65. The second kappa shape index (κ2) is 9.86. The molecule has 0 saturated carbocycles. The van der Waals surface area contributed by atoms with Crippen LogP contribution in [-0.4, -0.2) is 4.57 Å². The first-order valence-corrected chi connectivity index (χ1v) is 15.0. The predicted molar refractivity (Wildman–Crippen MR) is 184 cm³/mol. The van der Waals surface area contributed by atoms with Gasteiger partial charge in [-0.25, -0.2) is 0 Å². The van der Waals surface area contributed by atoms with E-state index in [0.717, 1.165) is 27.6 Å². The van der Waals surface area contributed by atoms with Gasteiger partial charge in [0.15, 0.2) is 0 Å². The van der Waals surface area contributed by atoms with Gasteiger partial charge in [-0.05, 0) is 88.0 Å². The molecule has 206 valence electrons. The minimum atomic E-state index is 0.904. The van der Waals surface area contributed by atoms with E-state index in [9.17, 15) is 0 Å². The van der Waals surface area contributed by atoms with Gasteiger partial charge in [0.2, 0.25) is 0 Å². The molecular weight excluding hydrogens is 534 g/mol. The molecule has 0 aliphatic carbocycles. The lowest BCUT2D eigenvalue weighted by atomic mass is 10.00. The highest BCUT2D eigenvalue weighted by atomic mass is 16.3. The van der Waals surface area contributed by atoms with E-state index in [1.165, 1.54) is 55.2 Å². The van der Waals surface area contributed by atoms with Gasteiger partial charge in [0, 0.05) is 27.2 Å². The summed E-state index contributed by atoms with van der Waals surface area (Å²) in [4.78, 5) is 0. The third-order valence-electron chi connectivity index (χ3n) is 8.79. The van der Waals surface area contributed by atoms with Crippen molar-refractivity contribution in [1.82, 2.24) is 4.57 Å². The van der Waals surface area contributed by atoms with Crippen LogP contribution in [0.4, 0.5) is 0 Å². The van der Waals surface area contributed by atoms with Gasteiger partial charge in [-0.1, -0.05) is 109 Å². The molecule has 0 spiro atoms. The van der Waals surface area contributed by atoms with Gasteiger partial charge in [-0.3, -0.25) is 0 Å². The predicted octanol–water partition coefficient (Wildman–Crippen LogP) is 11.7. The lowest BCUT2D eigenvalue weighted by Gasteiger charge is -2.11. The highest BCUT2D eigenvalue weighted by molar-refractivity contribution is 6.11. The molecule has 0 atom stereocenters. The summed E-state index contributed by atoms with van der Waals surface area (Å²) in [6.07, 6.45) is 0. The van der Waals surface area contributed by atoms with Gasteiger partial charge in [0.25, 0.3) is 0 Å². The molecule has 0 bridgehead atoms. The Morgan fingerprint density at radius 3 is 1.50 bits per heavy atom. The Kier molecular flexibility index (Phi) is 5.54. The molecule has 9 rings (SSSR count). The standard InChI is InChI=1S/C42H27NO/c1-3-10-28(11-4-1)31-18-21-40-36(25-31)35-16-7-8-17-39(35)43(40)34-15-9-14-30(24-34)33-20-23-42-38(27-33)37-26-32(19-22-41(37)44-42)29-12-5-2-6-13-29/h1-27H. The van der Waals surface area contributed by atoms with Gasteiger partial charge < -0.3 is 8.98 Å². The Morgan fingerprint density at radius 2 is 0.818 bits per heavy atom. The molecule has 9 aromatic rings. The molecule has 2 heterocycles. The summed E-state index contributed by atoms with van der Waals surface area (Å²) < 4.78 is 8.64. The van der Waals surface area contributed by atoms with E-state index in [4.69, 9.17) is 4.42 Å². The first-order valence-electron chi connectivity index (χ1n) is 15.0. The Balaban J connectivity index is 1.19. The van der Waals surface area contributed by atoms with Crippen LogP contribution in [-0.2, 0) is 0 Å². The van der Waals surface area contributed by atoms with Crippen molar-refractivity contribution in [3.8, 4) is 39.1 Å². The molecular formula is C42H27NO. The van der Waals surface area contributed by atoms with Gasteiger partial charge in [-0.15, -0.1) is 0 Å². The van der Waals surface area contributed by atoms with E-state index in [2.05, 4.69) is 168 Å². The van der Waals surface area contributed by atoms with Crippen LogP contribution < -0.4 is 0 Å².